The maximum Gasteiger partial charge on any atom is 0.417 e. The summed E-state index contributed by atoms with van der Waals surface area (Å²) in [6, 6.07) is 2.65. The van der Waals surface area contributed by atoms with Gasteiger partial charge >= 0.3 is 6.18 Å². The van der Waals surface area contributed by atoms with Crippen LogP contribution in [0.5, 0.6) is 0 Å². The lowest BCUT2D eigenvalue weighted by molar-refractivity contribution is -0.137. The monoisotopic (exact) mass is 430 g/mol. The molecule has 0 radical (unpaired) electrons. The van der Waals surface area contributed by atoms with E-state index in [-0.39, 0.29) is 27.4 Å². The van der Waals surface area contributed by atoms with Crippen molar-refractivity contribution in [2.24, 2.45) is 0 Å². The van der Waals surface area contributed by atoms with Crippen LogP contribution in [0.15, 0.2) is 23.5 Å². The number of ketones is 1. The molecule has 0 N–H and O–H groups in total. The maximum absolute atomic E-state index is 13.0. The van der Waals surface area contributed by atoms with Crippen molar-refractivity contribution < 1.29 is 18.0 Å². The molecule has 28 heavy (non-hydrogen) atoms. The van der Waals surface area contributed by atoms with Gasteiger partial charge in [-0.1, -0.05) is 30.3 Å². The Kier molecular flexibility index (Phi) is 5.77. The number of rotatable bonds is 6. The molecule has 0 aromatic carbocycles. The van der Waals surface area contributed by atoms with Gasteiger partial charge in [0.05, 0.1) is 16.3 Å². The van der Waals surface area contributed by atoms with Crippen LogP contribution in [-0.4, -0.2) is 30.7 Å². The minimum atomic E-state index is -4.54. The fourth-order valence-electron chi connectivity index (χ4n) is 3.05. The molecule has 0 fully saturated rings. The molecule has 3 rings (SSSR count). The van der Waals surface area contributed by atoms with Crippen LogP contribution < -0.4 is 0 Å². The number of alkyl halides is 3. The van der Waals surface area contributed by atoms with Crippen molar-refractivity contribution in [3.63, 3.8) is 0 Å². The fraction of sp³-hybridized carbons (Fsp3) is 0.389. The summed E-state index contributed by atoms with van der Waals surface area (Å²) in [6.45, 7) is 6.72. The third-order valence-electron chi connectivity index (χ3n) is 4.41. The third-order valence-corrected chi connectivity index (χ3v) is 5.63. The average Bonchev–Trinajstić information content (AvgIpc) is 3.15. The smallest absolute Gasteiger partial charge is 0.348 e. The number of fused-ring (bicyclic) bond motifs is 1. The van der Waals surface area contributed by atoms with Crippen LogP contribution in [0.4, 0.5) is 13.2 Å². The molecule has 0 aliphatic rings. The highest BCUT2D eigenvalue weighted by Gasteiger charge is 2.32. The molecule has 0 amide bonds. The second-order valence-corrected chi connectivity index (χ2v) is 7.75. The molecule has 0 atom stereocenters. The van der Waals surface area contributed by atoms with Gasteiger partial charge in [0.1, 0.15) is 0 Å². The van der Waals surface area contributed by atoms with Gasteiger partial charge in [-0.15, -0.1) is 10.2 Å². The van der Waals surface area contributed by atoms with Gasteiger partial charge in [0, 0.05) is 29.7 Å². The molecule has 0 saturated heterocycles. The molecule has 0 bridgehead atoms. The molecule has 3 aromatic rings. The summed E-state index contributed by atoms with van der Waals surface area (Å²) < 4.78 is 42.4. The zero-order valence-corrected chi connectivity index (χ0v) is 17.0. The predicted octanol–water partition coefficient (Wildman–Crippen LogP) is 5.20. The zero-order chi connectivity index (χ0) is 20.6. The van der Waals surface area contributed by atoms with E-state index >= 15 is 0 Å². The van der Waals surface area contributed by atoms with Crippen LogP contribution >= 0.6 is 23.4 Å². The summed E-state index contributed by atoms with van der Waals surface area (Å²) in [4.78, 5) is 12.7. The summed E-state index contributed by atoms with van der Waals surface area (Å²) in [7, 11) is 0. The first-order valence-electron chi connectivity index (χ1n) is 8.57. The molecule has 10 heteroatoms. The van der Waals surface area contributed by atoms with Crippen LogP contribution in [0.1, 0.15) is 40.7 Å². The first-order chi connectivity index (χ1) is 13.1. The molecular weight excluding hydrogens is 413 g/mol. The standard InChI is InChI=1S/C18H18ClF3N4OS/c1-4-5-25-10(2)6-13(11(25)3)15(27)9-28-17-24-23-16-14(19)7-12(8-26(16)17)18(20,21)22/h6-8H,4-5,9H2,1-3H3. The highest BCUT2D eigenvalue weighted by Crippen LogP contribution is 2.33. The van der Waals surface area contributed by atoms with E-state index in [9.17, 15) is 18.0 Å². The van der Waals surface area contributed by atoms with Crippen molar-refractivity contribution >= 4 is 34.8 Å². The molecule has 0 aliphatic heterocycles. The SMILES string of the molecule is CCCn1c(C)cc(C(=O)CSc2nnc3c(Cl)cc(C(F)(F)F)cn23)c1C. The van der Waals surface area contributed by atoms with E-state index in [0.717, 1.165) is 48.4 Å². The van der Waals surface area contributed by atoms with Gasteiger partial charge in [-0.3, -0.25) is 9.20 Å². The lowest BCUT2D eigenvalue weighted by Gasteiger charge is -2.09. The lowest BCUT2D eigenvalue weighted by Crippen LogP contribution is -2.08. The number of pyridine rings is 1. The number of hydrogen-bond acceptors (Lipinski definition) is 4. The van der Waals surface area contributed by atoms with Crippen LogP contribution in [0, 0.1) is 13.8 Å². The maximum atomic E-state index is 13.0. The molecule has 5 nitrogen and oxygen atoms in total. The van der Waals surface area contributed by atoms with Crippen LogP contribution in [-0.2, 0) is 12.7 Å². The number of Topliss-reactive ketones (excluding diaryl/α,β-unsaturated/α-hetero) is 1. The van der Waals surface area contributed by atoms with Gasteiger partial charge < -0.3 is 4.57 Å². The molecule has 3 aromatic heterocycles. The first-order valence-corrected chi connectivity index (χ1v) is 9.94. The van der Waals surface area contributed by atoms with Crippen molar-refractivity contribution in [3.05, 3.63) is 45.9 Å². The van der Waals surface area contributed by atoms with Gasteiger partial charge in [0.15, 0.2) is 16.6 Å². The Morgan fingerprint density at radius 2 is 1.96 bits per heavy atom. The second-order valence-electron chi connectivity index (χ2n) is 6.40. The van der Waals surface area contributed by atoms with E-state index in [1.165, 1.54) is 4.40 Å². The van der Waals surface area contributed by atoms with E-state index in [4.69, 9.17) is 11.6 Å². The van der Waals surface area contributed by atoms with Gasteiger partial charge in [-0.2, -0.15) is 13.2 Å². The zero-order valence-electron chi connectivity index (χ0n) is 15.5. The summed E-state index contributed by atoms with van der Waals surface area (Å²) in [5, 5.41) is 7.75. The molecule has 0 aliphatic carbocycles. The Bertz CT molecular complexity index is 1040. The Labute approximate surface area is 168 Å². The average molecular weight is 431 g/mol. The van der Waals surface area contributed by atoms with E-state index in [0.29, 0.717) is 5.56 Å². The number of halogens is 4. The molecule has 0 unspecified atom stereocenters. The minimum absolute atomic E-state index is 0.0328. The molecular formula is C18H18ClF3N4OS. The first kappa shape index (κ1) is 20.7. The third kappa shape index (κ3) is 3.91. The molecule has 0 saturated carbocycles. The lowest BCUT2D eigenvalue weighted by atomic mass is 10.2. The molecule has 3 heterocycles. The van der Waals surface area contributed by atoms with E-state index < -0.39 is 11.7 Å². The Morgan fingerprint density at radius 1 is 1.25 bits per heavy atom. The topological polar surface area (TPSA) is 52.2 Å². The number of carbonyl (C=O) groups is 1. The summed E-state index contributed by atoms with van der Waals surface area (Å²) in [6.07, 6.45) is -2.70. The van der Waals surface area contributed by atoms with Crippen LogP contribution in [0.2, 0.25) is 5.02 Å². The Morgan fingerprint density at radius 3 is 2.61 bits per heavy atom. The fourth-order valence-corrected chi connectivity index (χ4v) is 4.09. The molecule has 0 spiro atoms. The Balaban J connectivity index is 1.85. The van der Waals surface area contributed by atoms with Gasteiger partial charge in [-0.05, 0) is 32.4 Å². The number of aromatic nitrogens is 4. The summed E-state index contributed by atoms with van der Waals surface area (Å²) >= 11 is 6.94. The number of carbonyl (C=O) groups excluding carboxylic acids is 1. The summed E-state index contributed by atoms with van der Waals surface area (Å²) in [5.41, 5.74) is 1.72. The number of thioether (sulfide) groups is 1. The number of nitrogens with zero attached hydrogens (tertiary/aromatic N) is 4. The highest BCUT2D eigenvalue weighted by molar-refractivity contribution is 7.99. The molecule has 150 valence electrons. The Hall–Kier alpha value is -2.00. The van der Waals surface area contributed by atoms with E-state index in [1.54, 1.807) is 0 Å². The highest BCUT2D eigenvalue weighted by atomic mass is 35.5. The number of hydrogen-bond donors (Lipinski definition) is 0. The van der Waals surface area contributed by atoms with Gasteiger partial charge in [-0.25, -0.2) is 0 Å². The predicted molar refractivity (Wildman–Crippen MR) is 102 cm³/mol. The quantitative estimate of drug-likeness (QED) is 0.398. The van der Waals surface area contributed by atoms with Crippen LogP contribution in [0.3, 0.4) is 0 Å². The second kappa shape index (κ2) is 7.79. The minimum Gasteiger partial charge on any atom is -0.348 e. The van der Waals surface area contributed by atoms with Crippen molar-refractivity contribution in [1.82, 2.24) is 19.2 Å². The van der Waals surface area contributed by atoms with Gasteiger partial charge in [0.2, 0.25) is 0 Å². The van der Waals surface area contributed by atoms with E-state index in [1.807, 2.05) is 19.9 Å². The van der Waals surface area contributed by atoms with Crippen molar-refractivity contribution in [2.45, 2.75) is 45.1 Å². The number of aryl methyl sites for hydroxylation is 1. The van der Waals surface area contributed by atoms with Crippen molar-refractivity contribution in [3.8, 4) is 0 Å². The largest absolute Gasteiger partial charge is 0.417 e. The normalized spacial score (nSPS) is 12.1. The van der Waals surface area contributed by atoms with Gasteiger partial charge in [0.25, 0.3) is 0 Å². The van der Waals surface area contributed by atoms with Crippen molar-refractivity contribution in [1.29, 1.82) is 0 Å². The van der Waals surface area contributed by atoms with Crippen LogP contribution in [0.25, 0.3) is 5.65 Å². The summed E-state index contributed by atoms with van der Waals surface area (Å²) in [5.74, 6) is -0.0827. The van der Waals surface area contributed by atoms with Crippen molar-refractivity contribution in [2.75, 3.05) is 5.75 Å². The van der Waals surface area contributed by atoms with E-state index in [2.05, 4.69) is 21.7 Å².